The maximum atomic E-state index is 12.5. The van der Waals surface area contributed by atoms with Crippen molar-refractivity contribution in [2.45, 2.75) is 51.3 Å². The molecule has 0 spiro atoms. The van der Waals surface area contributed by atoms with E-state index in [0.717, 1.165) is 18.4 Å². The number of amides is 2. The molecule has 1 aromatic carbocycles. The van der Waals surface area contributed by atoms with E-state index in [1.165, 1.54) is 0 Å². The zero-order valence-electron chi connectivity index (χ0n) is 15.0. The van der Waals surface area contributed by atoms with Crippen LogP contribution in [0.15, 0.2) is 30.3 Å². The van der Waals surface area contributed by atoms with E-state index in [1.807, 2.05) is 37.3 Å². The van der Waals surface area contributed by atoms with Crippen LogP contribution in [0.4, 0.5) is 0 Å². The van der Waals surface area contributed by atoms with Crippen LogP contribution in [0.3, 0.4) is 0 Å². The fourth-order valence-corrected chi connectivity index (χ4v) is 2.38. The molecule has 0 saturated heterocycles. The van der Waals surface area contributed by atoms with Crippen molar-refractivity contribution in [1.82, 2.24) is 10.6 Å². The van der Waals surface area contributed by atoms with E-state index in [2.05, 4.69) is 10.6 Å². The molecule has 1 fully saturated rings. The van der Waals surface area contributed by atoms with E-state index in [-0.39, 0.29) is 17.9 Å². The van der Waals surface area contributed by atoms with Gasteiger partial charge >= 0.3 is 0 Å². The lowest BCUT2D eigenvalue weighted by Gasteiger charge is -2.21. The largest absolute Gasteiger partial charge is 0.379 e. The van der Waals surface area contributed by atoms with Gasteiger partial charge in [0.2, 0.25) is 11.8 Å². The molecule has 1 aromatic rings. The van der Waals surface area contributed by atoms with E-state index < -0.39 is 12.1 Å². The molecule has 2 atom stereocenters. The van der Waals surface area contributed by atoms with E-state index in [0.29, 0.717) is 26.2 Å². The number of carbonyl (C=O) groups excluding carboxylic acids is 2. The molecule has 0 aliphatic heterocycles. The van der Waals surface area contributed by atoms with Gasteiger partial charge in [0.05, 0.1) is 13.2 Å². The van der Waals surface area contributed by atoms with Crippen molar-refractivity contribution in [3.8, 4) is 0 Å². The number of benzene rings is 1. The highest BCUT2D eigenvalue weighted by Gasteiger charge is 2.29. The molecule has 2 rings (SSSR count). The van der Waals surface area contributed by atoms with Crippen molar-refractivity contribution in [2.75, 3.05) is 19.8 Å². The zero-order valence-corrected chi connectivity index (χ0v) is 15.0. The molecule has 6 heteroatoms. The highest BCUT2D eigenvalue weighted by molar-refractivity contribution is 5.89. The summed E-state index contributed by atoms with van der Waals surface area (Å²) in [5.41, 5.74) is 1.00. The average molecular weight is 348 g/mol. The second-order valence-corrected chi connectivity index (χ2v) is 6.24. The van der Waals surface area contributed by atoms with Crippen molar-refractivity contribution in [1.29, 1.82) is 0 Å². The van der Waals surface area contributed by atoms with Gasteiger partial charge in [0.25, 0.3) is 0 Å². The van der Waals surface area contributed by atoms with E-state index >= 15 is 0 Å². The van der Waals surface area contributed by atoms with Gasteiger partial charge in [-0.3, -0.25) is 9.59 Å². The number of hydrogen-bond donors (Lipinski definition) is 2. The Hall–Kier alpha value is -1.92. The van der Waals surface area contributed by atoms with Crippen molar-refractivity contribution in [3.63, 3.8) is 0 Å². The molecule has 2 amide bonds. The molecule has 25 heavy (non-hydrogen) atoms. The first-order valence-electron chi connectivity index (χ1n) is 8.94. The van der Waals surface area contributed by atoms with Crippen molar-refractivity contribution >= 4 is 11.8 Å². The average Bonchev–Trinajstić information content (AvgIpc) is 3.42. The number of carbonyl (C=O) groups is 2. The summed E-state index contributed by atoms with van der Waals surface area (Å²) >= 11 is 0. The van der Waals surface area contributed by atoms with Gasteiger partial charge in [0.1, 0.15) is 12.1 Å². The van der Waals surface area contributed by atoms with Gasteiger partial charge in [-0.1, -0.05) is 30.3 Å². The molecule has 1 saturated carbocycles. The van der Waals surface area contributed by atoms with Crippen LogP contribution < -0.4 is 10.6 Å². The summed E-state index contributed by atoms with van der Waals surface area (Å²) < 4.78 is 10.7. The molecule has 0 unspecified atom stereocenters. The Kier molecular flexibility index (Phi) is 7.88. The van der Waals surface area contributed by atoms with Crippen molar-refractivity contribution in [2.24, 2.45) is 0 Å². The molecule has 138 valence electrons. The van der Waals surface area contributed by atoms with E-state index in [1.54, 1.807) is 6.92 Å². The molecule has 0 heterocycles. The number of ether oxygens (including phenoxy) is 2. The van der Waals surface area contributed by atoms with E-state index in [9.17, 15) is 9.59 Å². The monoisotopic (exact) mass is 348 g/mol. The Labute approximate surface area is 149 Å². The second kappa shape index (κ2) is 10.2. The molecule has 2 N–H and O–H groups in total. The van der Waals surface area contributed by atoms with Gasteiger partial charge in [-0.2, -0.15) is 0 Å². The molecule has 0 bridgehead atoms. The van der Waals surface area contributed by atoms with Gasteiger partial charge < -0.3 is 20.1 Å². The summed E-state index contributed by atoms with van der Waals surface area (Å²) in [6.07, 6.45) is 1.84. The summed E-state index contributed by atoms with van der Waals surface area (Å²) in [5.74, 6) is -0.426. The zero-order chi connectivity index (χ0) is 18.1. The second-order valence-electron chi connectivity index (χ2n) is 6.24. The van der Waals surface area contributed by atoms with Crippen LogP contribution in [0.2, 0.25) is 0 Å². The summed E-state index contributed by atoms with van der Waals surface area (Å²) in [5, 5.41) is 5.79. The van der Waals surface area contributed by atoms with Crippen LogP contribution in [0.5, 0.6) is 0 Å². The SMILES string of the molecule is CCOCCO[C@H](C)C(=O)N[C@H](Cc1ccccc1)C(=O)NC1CC1. The van der Waals surface area contributed by atoms with E-state index in [4.69, 9.17) is 9.47 Å². The molecule has 0 radical (unpaired) electrons. The lowest BCUT2D eigenvalue weighted by Crippen LogP contribution is -2.51. The fourth-order valence-electron chi connectivity index (χ4n) is 2.38. The number of nitrogens with one attached hydrogen (secondary N) is 2. The maximum absolute atomic E-state index is 12.5. The predicted octanol–water partition coefficient (Wildman–Crippen LogP) is 1.43. The van der Waals surface area contributed by atoms with Crippen LogP contribution in [0.25, 0.3) is 0 Å². The lowest BCUT2D eigenvalue weighted by atomic mass is 10.0. The predicted molar refractivity (Wildman–Crippen MR) is 95.1 cm³/mol. The Bertz CT molecular complexity index is 546. The third-order valence-corrected chi connectivity index (χ3v) is 4.01. The first kappa shape index (κ1) is 19.4. The standard InChI is InChI=1S/C19H28N2O4/c1-3-24-11-12-25-14(2)18(22)21-17(19(23)20-16-9-10-16)13-15-7-5-4-6-8-15/h4-8,14,16-17H,3,9-13H2,1-2H3,(H,20,23)(H,21,22)/t14-,17-/m1/s1. The minimum atomic E-state index is -0.632. The molecule has 0 aromatic heterocycles. The molecular weight excluding hydrogens is 320 g/mol. The normalized spacial score (nSPS) is 16.1. The van der Waals surface area contributed by atoms with Gasteiger partial charge in [0.15, 0.2) is 0 Å². The third-order valence-electron chi connectivity index (χ3n) is 4.01. The Morgan fingerprint density at radius 1 is 1.16 bits per heavy atom. The third kappa shape index (κ3) is 7.23. The minimum Gasteiger partial charge on any atom is -0.379 e. The molecule has 1 aliphatic carbocycles. The molecule has 1 aliphatic rings. The van der Waals surface area contributed by atoms with Gasteiger partial charge in [-0.15, -0.1) is 0 Å². The molecule has 6 nitrogen and oxygen atoms in total. The van der Waals surface area contributed by atoms with Crippen LogP contribution >= 0.6 is 0 Å². The smallest absolute Gasteiger partial charge is 0.249 e. The summed E-state index contributed by atoms with van der Waals surface area (Å²) in [4.78, 5) is 24.8. The van der Waals surface area contributed by atoms with Gasteiger partial charge in [-0.05, 0) is 32.3 Å². The highest BCUT2D eigenvalue weighted by atomic mass is 16.5. The maximum Gasteiger partial charge on any atom is 0.249 e. The Morgan fingerprint density at radius 2 is 1.88 bits per heavy atom. The summed E-state index contributed by atoms with van der Waals surface area (Å²) in [7, 11) is 0. The first-order chi connectivity index (χ1) is 12.1. The van der Waals surface area contributed by atoms with Crippen LogP contribution in [0.1, 0.15) is 32.3 Å². The minimum absolute atomic E-state index is 0.138. The van der Waals surface area contributed by atoms with Crippen LogP contribution in [-0.2, 0) is 25.5 Å². The van der Waals surface area contributed by atoms with Gasteiger partial charge in [0, 0.05) is 19.1 Å². The Balaban J connectivity index is 1.89. The lowest BCUT2D eigenvalue weighted by molar-refractivity contribution is -0.136. The summed E-state index contributed by atoms with van der Waals surface area (Å²) in [6.45, 7) is 5.00. The van der Waals surface area contributed by atoms with Crippen LogP contribution in [-0.4, -0.2) is 49.8 Å². The number of hydrogen-bond acceptors (Lipinski definition) is 4. The van der Waals surface area contributed by atoms with Crippen molar-refractivity contribution < 1.29 is 19.1 Å². The summed E-state index contributed by atoms with van der Waals surface area (Å²) in [6, 6.07) is 9.32. The van der Waals surface area contributed by atoms with Gasteiger partial charge in [-0.25, -0.2) is 0 Å². The topological polar surface area (TPSA) is 76.7 Å². The van der Waals surface area contributed by atoms with Crippen molar-refractivity contribution in [3.05, 3.63) is 35.9 Å². The highest BCUT2D eigenvalue weighted by Crippen LogP contribution is 2.19. The Morgan fingerprint density at radius 3 is 2.52 bits per heavy atom. The fraction of sp³-hybridized carbons (Fsp3) is 0.579. The number of rotatable bonds is 11. The van der Waals surface area contributed by atoms with Crippen LogP contribution in [0, 0.1) is 0 Å². The molecular formula is C19H28N2O4. The quantitative estimate of drug-likeness (QED) is 0.593. The first-order valence-corrected chi connectivity index (χ1v) is 8.94.